The van der Waals surface area contributed by atoms with Crippen LogP contribution in [0.4, 0.5) is 17.6 Å². The van der Waals surface area contributed by atoms with Crippen molar-refractivity contribution in [2.24, 2.45) is 0 Å². The van der Waals surface area contributed by atoms with E-state index in [1.54, 1.807) is 0 Å². The Kier molecular flexibility index (Phi) is 2.89. The fourth-order valence-corrected chi connectivity index (χ4v) is 1.39. The number of hydrogen-bond acceptors (Lipinski definition) is 2. The van der Waals surface area contributed by atoms with Crippen molar-refractivity contribution >= 4 is 0 Å². The van der Waals surface area contributed by atoms with Gasteiger partial charge in [-0.15, -0.1) is 0 Å². The highest BCUT2D eigenvalue weighted by Crippen LogP contribution is 2.30. The molecule has 1 heterocycles. The summed E-state index contributed by atoms with van der Waals surface area (Å²) in [6.07, 6.45) is 0. The highest BCUT2D eigenvalue weighted by Gasteiger charge is 2.22. The van der Waals surface area contributed by atoms with Crippen molar-refractivity contribution in [2.45, 2.75) is 6.61 Å². The minimum absolute atomic E-state index is 0.0310. The van der Waals surface area contributed by atoms with E-state index in [9.17, 15) is 17.6 Å². The fourth-order valence-electron chi connectivity index (χ4n) is 1.39. The second-order valence-electron chi connectivity index (χ2n) is 3.27. The van der Waals surface area contributed by atoms with Crippen molar-refractivity contribution in [1.29, 1.82) is 0 Å². The molecular formula is C11H6F4O2. The molecule has 1 aromatic heterocycles. The van der Waals surface area contributed by atoms with Crippen LogP contribution >= 0.6 is 0 Å². The topological polar surface area (TPSA) is 33.4 Å². The molecule has 6 heteroatoms. The zero-order valence-electron chi connectivity index (χ0n) is 8.31. The van der Waals surface area contributed by atoms with E-state index in [1.165, 1.54) is 6.07 Å². The number of halogens is 4. The predicted molar refractivity (Wildman–Crippen MR) is 49.9 cm³/mol. The SMILES string of the molecule is OCc1ccc(-c2c(F)c(F)cc(F)c2F)o1. The van der Waals surface area contributed by atoms with Gasteiger partial charge in [0.25, 0.3) is 0 Å². The van der Waals surface area contributed by atoms with E-state index in [1.807, 2.05) is 0 Å². The summed E-state index contributed by atoms with van der Waals surface area (Å²) in [6, 6.07) is 2.48. The van der Waals surface area contributed by atoms with Crippen molar-refractivity contribution in [2.75, 3.05) is 0 Å². The van der Waals surface area contributed by atoms with Crippen molar-refractivity contribution in [3.8, 4) is 11.3 Å². The smallest absolute Gasteiger partial charge is 0.172 e. The monoisotopic (exact) mass is 246 g/mol. The lowest BCUT2D eigenvalue weighted by Crippen LogP contribution is -1.97. The normalized spacial score (nSPS) is 10.9. The third kappa shape index (κ3) is 1.91. The fraction of sp³-hybridized carbons (Fsp3) is 0.0909. The lowest BCUT2D eigenvalue weighted by molar-refractivity contribution is 0.248. The van der Waals surface area contributed by atoms with Crippen LogP contribution in [0.5, 0.6) is 0 Å². The molecule has 0 spiro atoms. The molecule has 0 atom stereocenters. The van der Waals surface area contributed by atoms with Crippen LogP contribution in [0.3, 0.4) is 0 Å². The molecule has 90 valence electrons. The summed E-state index contributed by atoms with van der Waals surface area (Å²) in [6.45, 7) is -0.485. The maximum Gasteiger partial charge on any atom is 0.172 e. The van der Waals surface area contributed by atoms with Crippen LogP contribution in [0.2, 0.25) is 0 Å². The first-order valence-electron chi connectivity index (χ1n) is 4.57. The Labute approximate surface area is 93.1 Å². The van der Waals surface area contributed by atoms with Gasteiger partial charge in [0.05, 0.1) is 5.56 Å². The summed E-state index contributed by atoms with van der Waals surface area (Å²) in [5.74, 6) is -6.46. The molecule has 0 saturated carbocycles. The molecule has 2 rings (SSSR count). The second-order valence-corrected chi connectivity index (χ2v) is 3.27. The van der Waals surface area contributed by atoms with Gasteiger partial charge < -0.3 is 9.52 Å². The van der Waals surface area contributed by atoms with Crippen LogP contribution in [-0.2, 0) is 6.61 Å². The molecule has 2 nitrogen and oxygen atoms in total. The van der Waals surface area contributed by atoms with E-state index in [2.05, 4.69) is 0 Å². The number of hydrogen-bond donors (Lipinski definition) is 1. The third-order valence-corrected chi connectivity index (χ3v) is 2.18. The number of benzene rings is 1. The maximum absolute atomic E-state index is 13.3. The molecule has 0 fully saturated rings. The largest absolute Gasteiger partial charge is 0.458 e. The van der Waals surface area contributed by atoms with Crippen molar-refractivity contribution in [3.63, 3.8) is 0 Å². The standard InChI is InChI=1S/C11H6F4O2/c12-6-3-7(13)11(15)9(10(6)14)8-2-1-5(4-16)17-8/h1-3,16H,4H2. The third-order valence-electron chi connectivity index (χ3n) is 2.18. The van der Waals surface area contributed by atoms with E-state index in [0.717, 1.165) is 6.07 Å². The first-order chi connectivity index (χ1) is 8.04. The zero-order chi connectivity index (χ0) is 12.6. The summed E-state index contributed by atoms with van der Waals surface area (Å²) in [4.78, 5) is 0. The highest BCUT2D eigenvalue weighted by atomic mass is 19.2. The highest BCUT2D eigenvalue weighted by molar-refractivity contribution is 5.59. The Hall–Kier alpha value is -1.82. The summed E-state index contributed by atoms with van der Waals surface area (Å²) >= 11 is 0. The van der Waals surface area contributed by atoms with E-state index in [-0.39, 0.29) is 17.6 Å². The molecule has 1 aromatic carbocycles. The minimum atomic E-state index is -1.54. The van der Waals surface area contributed by atoms with E-state index < -0.39 is 35.4 Å². The van der Waals surface area contributed by atoms with Crippen molar-refractivity contribution < 1.29 is 27.1 Å². The summed E-state index contributed by atoms with van der Waals surface area (Å²) in [5.41, 5.74) is -0.929. The van der Waals surface area contributed by atoms with Gasteiger partial charge in [0.15, 0.2) is 23.3 Å². The van der Waals surface area contributed by atoms with Gasteiger partial charge in [0, 0.05) is 6.07 Å². The molecule has 0 aliphatic rings. The number of furan rings is 1. The van der Waals surface area contributed by atoms with Gasteiger partial charge >= 0.3 is 0 Å². The molecule has 0 radical (unpaired) electrons. The molecule has 0 saturated heterocycles. The molecule has 0 unspecified atom stereocenters. The quantitative estimate of drug-likeness (QED) is 0.652. The summed E-state index contributed by atoms with van der Waals surface area (Å²) in [5, 5.41) is 8.72. The van der Waals surface area contributed by atoms with E-state index >= 15 is 0 Å². The van der Waals surface area contributed by atoms with Crippen molar-refractivity contribution in [1.82, 2.24) is 0 Å². The van der Waals surface area contributed by atoms with Crippen LogP contribution in [0, 0.1) is 23.3 Å². The first kappa shape index (κ1) is 11.7. The van der Waals surface area contributed by atoms with Gasteiger partial charge in [0.2, 0.25) is 0 Å². The molecule has 0 aliphatic heterocycles. The van der Waals surface area contributed by atoms with Gasteiger partial charge in [-0.2, -0.15) is 0 Å². The van der Waals surface area contributed by atoms with Crippen LogP contribution in [-0.4, -0.2) is 5.11 Å². The Bertz CT molecular complexity index is 537. The molecule has 0 bridgehead atoms. The second kappa shape index (κ2) is 4.21. The molecular weight excluding hydrogens is 240 g/mol. The Morgan fingerprint density at radius 1 is 1.00 bits per heavy atom. The first-order valence-corrected chi connectivity index (χ1v) is 4.57. The minimum Gasteiger partial charge on any atom is -0.458 e. The van der Waals surface area contributed by atoms with Gasteiger partial charge in [-0.25, -0.2) is 17.6 Å². The molecule has 1 N–H and O–H groups in total. The number of aliphatic hydroxyl groups is 1. The lowest BCUT2D eigenvalue weighted by atomic mass is 10.1. The Balaban J connectivity index is 2.65. The molecule has 0 aliphatic carbocycles. The van der Waals surface area contributed by atoms with Crippen LogP contribution < -0.4 is 0 Å². The van der Waals surface area contributed by atoms with Gasteiger partial charge in [-0.05, 0) is 12.1 Å². The van der Waals surface area contributed by atoms with Crippen LogP contribution in [0.25, 0.3) is 11.3 Å². The average Bonchev–Trinajstić information content (AvgIpc) is 2.75. The summed E-state index contributed by atoms with van der Waals surface area (Å²) in [7, 11) is 0. The Morgan fingerprint density at radius 3 is 2.06 bits per heavy atom. The van der Waals surface area contributed by atoms with Gasteiger partial charge in [-0.3, -0.25) is 0 Å². The molecule has 17 heavy (non-hydrogen) atoms. The van der Waals surface area contributed by atoms with Crippen molar-refractivity contribution in [3.05, 3.63) is 47.2 Å². The van der Waals surface area contributed by atoms with E-state index in [0.29, 0.717) is 0 Å². The maximum atomic E-state index is 13.3. The summed E-state index contributed by atoms with van der Waals surface area (Å²) < 4.78 is 57.3. The van der Waals surface area contributed by atoms with E-state index in [4.69, 9.17) is 9.52 Å². The average molecular weight is 246 g/mol. The lowest BCUT2D eigenvalue weighted by Gasteiger charge is -2.03. The van der Waals surface area contributed by atoms with Crippen LogP contribution in [0.1, 0.15) is 5.76 Å². The van der Waals surface area contributed by atoms with Gasteiger partial charge in [-0.1, -0.05) is 0 Å². The predicted octanol–water partition coefficient (Wildman–Crippen LogP) is 3.00. The zero-order valence-corrected chi connectivity index (χ0v) is 8.31. The van der Waals surface area contributed by atoms with Crippen LogP contribution in [0.15, 0.2) is 22.6 Å². The van der Waals surface area contributed by atoms with Gasteiger partial charge in [0.1, 0.15) is 18.1 Å². The number of aliphatic hydroxyl groups excluding tert-OH is 1. The molecule has 0 amide bonds. The Morgan fingerprint density at radius 2 is 1.59 bits per heavy atom. The number of rotatable bonds is 2. The molecule has 2 aromatic rings.